The Labute approximate surface area is 85.7 Å². The van der Waals surface area contributed by atoms with Gasteiger partial charge in [-0.3, -0.25) is 4.79 Å². The summed E-state index contributed by atoms with van der Waals surface area (Å²) in [6.45, 7) is 0.460. The van der Waals surface area contributed by atoms with Crippen molar-refractivity contribution in [3.63, 3.8) is 0 Å². The number of hydrogen-bond donors (Lipinski definition) is 1. The van der Waals surface area contributed by atoms with Crippen LogP contribution >= 0.6 is 22.9 Å². The first-order valence-corrected chi connectivity index (χ1v) is 5.38. The van der Waals surface area contributed by atoms with Gasteiger partial charge >= 0.3 is 0 Å². The van der Waals surface area contributed by atoms with E-state index in [0.717, 1.165) is 17.7 Å². The van der Waals surface area contributed by atoms with Gasteiger partial charge in [0, 0.05) is 12.0 Å². The van der Waals surface area contributed by atoms with Crippen LogP contribution in [0.25, 0.3) is 0 Å². The molecule has 0 radical (unpaired) electrons. The zero-order valence-electron chi connectivity index (χ0n) is 7.05. The molecule has 1 aliphatic rings. The highest BCUT2D eigenvalue weighted by Gasteiger charge is 2.48. The molecule has 0 spiro atoms. The maximum atomic E-state index is 11.8. The van der Waals surface area contributed by atoms with Crippen molar-refractivity contribution in [3.8, 4) is 0 Å². The minimum atomic E-state index is -0.242. The highest BCUT2D eigenvalue weighted by Crippen LogP contribution is 2.48. The number of carbonyl (C=O) groups excluding carboxylic acids is 1. The van der Waals surface area contributed by atoms with E-state index in [2.05, 4.69) is 0 Å². The van der Waals surface area contributed by atoms with E-state index in [1.807, 2.05) is 0 Å². The fourth-order valence-corrected chi connectivity index (χ4v) is 2.48. The summed E-state index contributed by atoms with van der Waals surface area (Å²) < 4.78 is 0.663. The lowest BCUT2D eigenvalue weighted by molar-refractivity contribution is 0.0910. The summed E-state index contributed by atoms with van der Waals surface area (Å²) in [4.78, 5) is 12.6. The number of Topliss-reactive ketones (excluding diaryl/α,β-unsaturated/α-hetero) is 1. The van der Waals surface area contributed by atoms with Gasteiger partial charge in [0.05, 0.1) is 9.21 Å². The smallest absolute Gasteiger partial charge is 0.180 e. The van der Waals surface area contributed by atoms with Crippen LogP contribution in [0.3, 0.4) is 0 Å². The summed E-state index contributed by atoms with van der Waals surface area (Å²) >= 11 is 7.09. The van der Waals surface area contributed by atoms with Crippen LogP contribution in [0.15, 0.2) is 12.1 Å². The molecule has 1 aromatic heterocycles. The molecule has 4 heteroatoms. The second kappa shape index (κ2) is 3.08. The Morgan fingerprint density at radius 1 is 1.62 bits per heavy atom. The third-order valence-electron chi connectivity index (χ3n) is 2.52. The van der Waals surface area contributed by atoms with Crippen LogP contribution in [0, 0.1) is 5.41 Å². The maximum Gasteiger partial charge on any atom is 0.180 e. The minimum Gasteiger partial charge on any atom is -0.329 e. The van der Waals surface area contributed by atoms with Crippen molar-refractivity contribution in [2.75, 3.05) is 6.54 Å². The molecule has 0 amide bonds. The number of hydrogen-bond acceptors (Lipinski definition) is 3. The van der Waals surface area contributed by atoms with Gasteiger partial charge in [0.25, 0.3) is 0 Å². The van der Waals surface area contributed by atoms with Crippen LogP contribution in [0.5, 0.6) is 0 Å². The van der Waals surface area contributed by atoms with Crippen LogP contribution in [0.1, 0.15) is 22.5 Å². The first kappa shape index (κ1) is 9.19. The number of nitrogens with two attached hydrogens (primary N) is 1. The van der Waals surface area contributed by atoms with Gasteiger partial charge in [0.15, 0.2) is 5.78 Å². The van der Waals surface area contributed by atoms with Crippen LogP contribution in [-0.4, -0.2) is 12.3 Å². The van der Waals surface area contributed by atoms with E-state index in [9.17, 15) is 4.79 Å². The Balaban J connectivity index is 2.23. The summed E-state index contributed by atoms with van der Waals surface area (Å²) in [5.41, 5.74) is 5.32. The molecule has 2 nitrogen and oxygen atoms in total. The SMILES string of the molecule is NCC1(C(=O)c2ccc(Cl)s2)CC1. The zero-order chi connectivity index (χ0) is 9.47. The van der Waals surface area contributed by atoms with Crippen LogP contribution < -0.4 is 5.73 Å². The fourth-order valence-electron chi connectivity index (χ4n) is 1.37. The maximum absolute atomic E-state index is 11.8. The van der Waals surface area contributed by atoms with E-state index in [0.29, 0.717) is 10.9 Å². The lowest BCUT2D eigenvalue weighted by Gasteiger charge is -2.07. The molecule has 1 aromatic rings. The van der Waals surface area contributed by atoms with Gasteiger partial charge < -0.3 is 5.73 Å². The van der Waals surface area contributed by atoms with Crippen LogP contribution in [-0.2, 0) is 0 Å². The lowest BCUT2D eigenvalue weighted by Crippen LogP contribution is -2.24. The molecule has 0 bridgehead atoms. The van der Waals surface area contributed by atoms with E-state index in [1.165, 1.54) is 11.3 Å². The molecule has 0 saturated heterocycles. The lowest BCUT2D eigenvalue weighted by atomic mass is 10.0. The van der Waals surface area contributed by atoms with E-state index < -0.39 is 0 Å². The van der Waals surface area contributed by atoms with Gasteiger partial charge in [-0.15, -0.1) is 11.3 Å². The molecule has 1 fully saturated rings. The second-order valence-corrected chi connectivity index (χ2v) is 5.13. The van der Waals surface area contributed by atoms with Crippen LogP contribution in [0.2, 0.25) is 4.34 Å². The van der Waals surface area contributed by atoms with Crippen molar-refractivity contribution < 1.29 is 4.79 Å². The number of carbonyl (C=O) groups is 1. The van der Waals surface area contributed by atoms with Crippen molar-refractivity contribution in [2.45, 2.75) is 12.8 Å². The van der Waals surface area contributed by atoms with Gasteiger partial charge in [-0.05, 0) is 25.0 Å². The standard InChI is InChI=1S/C9H10ClNOS/c10-7-2-1-6(13-7)8(12)9(5-11)3-4-9/h1-2H,3-5,11H2. The summed E-state index contributed by atoms with van der Waals surface area (Å²) in [6.07, 6.45) is 1.86. The Morgan fingerprint density at radius 2 is 2.31 bits per heavy atom. The number of rotatable bonds is 3. The molecular weight excluding hydrogens is 206 g/mol. The van der Waals surface area contributed by atoms with Gasteiger partial charge in [0.2, 0.25) is 0 Å². The highest BCUT2D eigenvalue weighted by molar-refractivity contribution is 7.18. The zero-order valence-corrected chi connectivity index (χ0v) is 8.62. The van der Waals surface area contributed by atoms with Gasteiger partial charge in [0.1, 0.15) is 0 Å². The Bertz CT molecular complexity index is 343. The molecule has 1 saturated carbocycles. The normalized spacial score (nSPS) is 18.6. The van der Waals surface area contributed by atoms with Crippen molar-refractivity contribution in [1.29, 1.82) is 0 Å². The topological polar surface area (TPSA) is 43.1 Å². The molecular formula is C9H10ClNOS. The molecule has 1 heterocycles. The van der Waals surface area contributed by atoms with Gasteiger partial charge in [-0.1, -0.05) is 11.6 Å². The average Bonchev–Trinajstić information content (AvgIpc) is 2.82. The highest BCUT2D eigenvalue weighted by atomic mass is 35.5. The summed E-state index contributed by atoms with van der Waals surface area (Å²) in [5, 5.41) is 0. The first-order valence-electron chi connectivity index (χ1n) is 4.18. The average molecular weight is 216 g/mol. The van der Waals surface area contributed by atoms with E-state index in [1.54, 1.807) is 12.1 Å². The van der Waals surface area contributed by atoms with Crippen LogP contribution in [0.4, 0.5) is 0 Å². The molecule has 0 aliphatic heterocycles. The number of thiophene rings is 1. The molecule has 70 valence electrons. The first-order chi connectivity index (χ1) is 6.18. The van der Waals surface area contributed by atoms with E-state index in [-0.39, 0.29) is 11.2 Å². The molecule has 2 N–H and O–H groups in total. The quantitative estimate of drug-likeness (QED) is 0.787. The van der Waals surface area contributed by atoms with Crippen molar-refractivity contribution >= 4 is 28.7 Å². The molecule has 0 aromatic carbocycles. The Kier molecular flexibility index (Phi) is 2.18. The predicted molar refractivity (Wildman–Crippen MR) is 54.4 cm³/mol. The van der Waals surface area contributed by atoms with Crippen molar-refractivity contribution in [1.82, 2.24) is 0 Å². The van der Waals surface area contributed by atoms with E-state index >= 15 is 0 Å². The fraction of sp³-hybridized carbons (Fsp3) is 0.444. The van der Waals surface area contributed by atoms with E-state index in [4.69, 9.17) is 17.3 Å². The Hall–Kier alpha value is -0.380. The molecule has 1 aliphatic carbocycles. The number of halogens is 1. The molecule has 2 rings (SSSR count). The van der Waals surface area contributed by atoms with Crippen molar-refractivity contribution in [2.24, 2.45) is 11.1 Å². The predicted octanol–water partition coefficient (Wildman–Crippen LogP) is 2.32. The summed E-state index contributed by atoms with van der Waals surface area (Å²) in [5.74, 6) is 0.173. The molecule has 13 heavy (non-hydrogen) atoms. The third-order valence-corrected chi connectivity index (χ3v) is 3.75. The monoisotopic (exact) mass is 215 g/mol. The third kappa shape index (κ3) is 1.52. The minimum absolute atomic E-state index is 0.173. The molecule has 0 atom stereocenters. The Morgan fingerprint density at radius 3 is 2.69 bits per heavy atom. The van der Waals surface area contributed by atoms with Crippen molar-refractivity contribution in [3.05, 3.63) is 21.3 Å². The summed E-state index contributed by atoms with van der Waals surface area (Å²) in [6, 6.07) is 3.54. The van der Waals surface area contributed by atoms with Gasteiger partial charge in [-0.25, -0.2) is 0 Å². The second-order valence-electron chi connectivity index (χ2n) is 3.42. The summed E-state index contributed by atoms with van der Waals surface area (Å²) in [7, 11) is 0. The number of ketones is 1. The largest absolute Gasteiger partial charge is 0.329 e. The molecule has 0 unspecified atom stereocenters. The van der Waals surface area contributed by atoms with Gasteiger partial charge in [-0.2, -0.15) is 0 Å².